The zero-order valence-corrected chi connectivity index (χ0v) is 18.8. The Morgan fingerprint density at radius 2 is 1.82 bits per heavy atom. The van der Waals surface area contributed by atoms with Crippen molar-refractivity contribution in [3.63, 3.8) is 0 Å². The Labute approximate surface area is 196 Å². The number of nitrogens with zero attached hydrogens (tertiary/aromatic N) is 2. The Balaban J connectivity index is 1.51. The first-order valence-corrected chi connectivity index (χ1v) is 11.3. The van der Waals surface area contributed by atoms with E-state index in [1.807, 2.05) is 66.7 Å². The number of ether oxygens (including phenoxy) is 1. The molecule has 0 atom stereocenters. The number of methoxy groups -OCH3 is 1. The minimum atomic E-state index is -0.144. The van der Waals surface area contributed by atoms with Gasteiger partial charge in [-0.15, -0.1) is 0 Å². The predicted octanol–water partition coefficient (Wildman–Crippen LogP) is 5.65. The molecule has 1 N–H and O–H groups in total. The molecule has 1 aromatic heterocycles. The Morgan fingerprint density at radius 3 is 2.61 bits per heavy atom. The predicted molar refractivity (Wildman–Crippen MR) is 131 cm³/mol. The number of pyridine rings is 1. The second-order valence-corrected chi connectivity index (χ2v) is 8.60. The molecule has 1 amide bonds. The monoisotopic (exact) mass is 451 g/mol. The molecular formula is C27H21N3O2S. The van der Waals surface area contributed by atoms with Gasteiger partial charge in [0.2, 0.25) is 0 Å². The molecule has 5 nitrogen and oxygen atoms in total. The van der Waals surface area contributed by atoms with E-state index >= 15 is 0 Å². The molecule has 0 saturated heterocycles. The highest BCUT2D eigenvalue weighted by Crippen LogP contribution is 2.41. The lowest BCUT2D eigenvalue weighted by Gasteiger charge is -2.09. The van der Waals surface area contributed by atoms with Crippen molar-refractivity contribution >= 4 is 29.1 Å². The van der Waals surface area contributed by atoms with Crippen molar-refractivity contribution in [1.82, 2.24) is 10.3 Å². The Hall–Kier alpha value is -3.90. The molecule has 0 saturated carbocycles. The largest absolute Gasteiger partial charge is 0.497 e. The van der Waals surface area contributed by atoms with Crippen molar-refractivity contribution < 1.29 is 9.53 Å². The molecular weight excluding hydrogens is 430 g/mol. The normalized spacial score (nSPS) is 12.1. The number of aliphatic imine (C=N–C) groups is 1. The van der Waals surface area contributed by atoms with Crippen LogP contribution in [0, 0.1) is 0 Å². The summed E-state index contributed by atoms with van der Waals surface area (Å²) in [4.78, 5) is 24.1. The van der Waals surface area contributed by atoms with Gasteiger partial charge in [0.05, 0.1) is 18.5 Å². The summed E-state index contributed by atoms with van der Waals surface area (Å²) in [6.07, 6.45) is 3.46. The van der Waals surface area contributed by atoms with Gasteiger partial charge in [-0.2, -0.15) is 0 Å². The van der Waals surface area contributed by atoms with Crippen LogP contribution in [-0.4, -0.2) is 23.7 Å². The number of rotatable bonds is 5. The quantitative estimate of drug-likeness (QED) is 0.375. The molecule has 4 aromatic rings. The number of nitrogens with one attached hydrogen (secondary N) is 1. The van der Waals surface area contributed by atoms with Crippen molar-refractivity contribution in [1.29, 1.82) is 0 Å². The van der Waals surface area contributed by atoms with Gasteiger partial charge >= 0.3 is 0 Å². The van der Waals surface area contributed by atoms with Gasteiger partial charge in [-0.25, -0.2) is 4.99 Å². The summed E-state index contributed by atoms with van der Waals surface area (Å²) >= 11 is 1.66. The second-order valence-electron chi connectivity index (χ2n) is 7.51. The minimum Gasteiger partial charge on any atom is -0.497 e. The number of amides is 1. The summed E-state index contributed by atoms with van der Waals surface area (Å²) in [5.41, 5.74) is 5.21. The molecule has 1 aliphatic rings. The maximum Gasteiger partial charge on any atom is 0.251 e. The SMILES string of the molecule is COc1ccc(C2=Nc3cc(C(=O)NCc4cccnc4)ccc3Sc3ccccc32)cc1. The lowest BCUT2D eigenvalue weighted by molar-refractivity contribution is 0.0951. The van der Waals surface area contributed by atoms with Crippen molar-refractivity contribution in [3.8, 4) is 5.75 Å². The molecule has 2 heterocycles. The number of benzene rings is 3. The summed E-state index contributed by atoms with van der Waals surface area (Å²) in [6.45, 7) is 0.421. The molecule has 0 radical (unpaired) electrons. The van der Waals surface area contributed by atoms with Crippen LogP contribution >= 0.6 is 11.8 Å². The summed E-state index contributed by atoms with van der Waals surface area (Å²) < 4.78 is 5.31. The molecule has 3 aromatic carbocycles. The fourth-order valence-corrected chi connectivity index (χ4v) is 4.64. The van der Waals surface area contributed by atoms with E-state index in [0.717, 1.165) is 43.6 Å². The lowest BCUT2D eigenvalue weighted by atomic mass is 10.0. The number of carbonyl (C=O) groups is 1. The molecule has 6 heteroatoms. The van der Waals surface area contributed by atoms with Gasteiger partial charge in [0, 0.05) is 45.4 Å². The number of aromatic nitrogens is 1. The third-order valence-electron chi connectivity index (χ3n) is 5.35. The Kier molecular flexibility index (Phi) is 5.91. The highest BCUT2D eigenvalue weighted by Gasteiger charge is 2.20. The van der Waals surface area contributed by atoms with Gasteiger partial charge in [-0.3, -0.25) is 9.78 Å². The van der Waals surface area contributed by atoms with Crippen LogP contribution in [0.1, 0.15) is 27.0 Å². The van der Waals surface area contributed by atoms with Crippen LogP contribution in [0.2, 0.25) is 0 Å². The maximum absolute atomic E-state index is 12.8. The van der Waals surface area contributed by atoms with E-state index in [0.29, 0.717) is 12.1 Å². The molecule has 0 aliphatic carbocycles. The fourth-order valence-electron chi connectivity index (χ4n) is 3.64. The topological polar surface area (TPSA) is 63.6 Å². The number of fused-ring (bicyclic) bond motifs is 2. The van der Waals surface area contributed by atoms with Crippen LogP contribution in [0.15, 0.2) is 106 Å². The van der Waals surface area contributed by atoms with E-state index in [-0.39, 0.29) is 5.91 Å². The zero-order chi connectivity index (χ0) is 22.6. The van der Waals surface area contributed by atoms with E-state index in [1.165, 1.54) is 0 Å². The molecule has 5 rings (SSSR count). The molecule has 1 aliphatic heterocycles. The van der Waals surface area contributed by atoms with Gasteiger partial charge in [0.15, 0.2) is 0 Å². The van der Waals surface area contributed by atoms with Crippen LogP contribution in [0.25, 0.3) is 0 Å². The van der Waals surface area contributed by atoms with Gasteiger partial charge in [-0.05, 0) is 60.2 Å². The highest BCUT2D eigenvalue weighted by molar-refractivity contribution is 7.99. The van der Waals surface area contributed by atoms with E-state index in [2.05, 4.69) is 22.4 Å². The number of hydrogen-bond acceptors (Lipinski definition) is 5. The van der Waals surface area contributed by atoms with E-state index in [9.17, 15) is 4.79 Å². The molecule has 0 fully saturated rings. The van der Waals surface area contributed by atoms with Crippen molar-refractivity contribution in [2.75, 3.05) is 7.11 Å². The number of hydrogen-bond donors (Lipinski definition) is 1. The van der Waals surface area contributed by atoms with E-state index < -0.39 is 0 Å². The average molecular weight is 452 g/mol. The first-order chi connectivity index (χ1) is 16.2. The van der Waals surface area contributed by atoms with Gasteiger partial charge in [-0.1, -0.05) is 36.0 Å². The van der Waals surface area contributed by atoms with E-state index in [1.54, 1.807) is 31.3 Å². The minimum absolute atomic E-state index is 0.144. The maximum atomic E-state index is 12.8. The van der Waals surface area contributed by atoms with Crippen molar-refractivity contribution in [3.05, 3.63) is 114 Å². The van der Waals surface area contributed by atoms with Gasteiger partial charge in [0.25, 0.3) is 5.91 Å². The third-order valence-corrected chi connectivity index (χ3v) is 6.50. The van der Waals surface area contributed by atoms with E-state index in [4.69, 9.17) is 9.73 Å². The Bertz CT molecular complexity index is 1340. The van der Waals surface area contributed by atoms with Gasteiger partial charge in [0.1, 0.15) is 5.75 Å². The average Bonchev–Trinajstić information content (AvgIpc) is 3.04. The van der Waals surface area contributed by atoms with Gasteiger partial charge < -0.3 is 10.1 Å². The zero-order valence-electron chi connectivity index (χ0n) is 18.0. The fraction of sp³-hybridized carbons (Fsp3) is 0.0741. The summed E-state index contributed by atoms with van der Waals surface area (Å²) in [5.74, 6) is 0.651. The van der Waals surface area contributed by atoms with Crippen molar-refractivity contribution in [2.24, 2.45) is 4.99 Å². The second kappa shape index (κ2) is 9.30. The molecule has 0 unspecified atom stereocenters. The lowest BCUT2D eigenvalue weighted by Crippen LogP contribution is -2.22. The van der Waals surface area contributed by atoms with Crippen LogP contribution in [-0.2, 0) is 6.54 Å². The first-order valence-electron chi connectivity index (χ1n) is 10.5. The third kappa shape index (κ3) is 4.52. The first kappa shape index (κ1) is 21.0. The smallest absolute Gasteiger partial charge is 0.251 e. The van der Waals surface area contributed by atoms with Crippen LogP contribution < -0.4 is 10.1 Å². The van der Waals surface area contributed by atoms with Crippen LogP contribution in [0.5, 0.6) is 5.75 Å². The van der Waals surface area contributed by atoms with Crippen LogP contribution in [0.4, 0.5) is 5.69 Å². The highest BCUT2D eigenvalue weighted by atomic mass is 32.2. The summed E-state index contributed by atoms with van der Waals surface area (Å²) in [7, 11) is 1.65. The van der Waals surface area contributed by atoms with Crippen molar-refractivity contribution in [2.45, 2.75) is 16.3 Å². The number of carbonyl (C=O) groups excluding carboxylic acids is 1. The summed E-state index contributed by atoms with van der Waals surface area (Å²) in [6, 6.07) is 25.6. The molecule has 0 spiro atoms. The van der Waals surface area contributed by atoms with Crippen LogP contribution in [0.3, 0.4) is 0 Å². The molecule has 162 valence electrons. The molecule has 33 heavy (non-hydrogen) atoms. The standard InChI is InChI=1S/C27H21N3O2S/c1-32-21-11-8-19(9-12-21)26-22-6-2-3-7-24(22)33-25-13-10-20(15-23(25)30-26)27(31)29-17-18-5-4-14-28-16-18/h2-16H,17H2,1H3,(H,29,31). The molecule has 0 bridgehead atoms. The summed E-state index contributed by atoms with van der Waals surface area (Å²) in [5, 5.41) is 2.96. The Morgan fingerprint density at radius 1 is 0.970 bits per heavy atom.